The maximum Gasteiger partial charge on any atom is 0.336 e. The third kappa shape index (κ3) is 3.64. The number of hydrogen-bond acceptors (Lipinski definition) is 5. The fourth-order valence-corrected chi connectivity index (χ4v) is 3.19. The Morgan fingerprint density at radius 2 is 2.29 bits per heavy atom. The molecular weight excluding hydrogens is 338 g/mol. The lowest BCUT2D eigenvalue weighted by Gasteiger charge is -2.31. The second-order valence-electron chi connectivity index (χ2n) is 4.99. The van der Waals surface area contributed by atoms with Gasteiger partial charge < -0.3 is 9.47 Å². The largest absolute Gasteiger partial charge is 0.467 e. The van der Waals surface area contributed by atoms with Crippen molar-refractivity contribution in [3.63, 3.8) is 0 Å². The fourth-order valence-electron chi connectivity index (χ4n) is 2.50. The average Bonchev–Trinajstić information content (AvgIpc) is 2.82. The van der Waals surface area contributed by atoms with E-state index >= 15 is 0 Å². The van der Waals surface area contributed by atoms with Gasteiger partial charge >= 0.3 is 5.97 Å². The number of hydrogen-bond donors (Lipinski definition) is 0. The van der Waals surface area contributed by atoms with Crippen LogP contribution in [0.15, 0.2) is 4.47 Å². The number of ether oxygens (including phenoxy) is 2. The lowest BCUT2D eigenvalue weighted by molar-refractivity contribution is -0.160. The summed E-state index contributed by atoms with van der Waals surface area (Å²) in [4.78, 5) is 13.8. The van der Waals surface area contributed by atoms with Crippen LogP contribution in [0.1, 0.15) is 25.2 Å². The van der Waals surface area contributed by atoms with Crippen molar-refractivity contribution in [2.45, 2.75) is 39.5 Å². The molecule has 0 N–H and O–H groups in total. The molecular formula is C14H22BrN3O3. The number of aromatic nitrogens is 2. The molecule has 7 heteroatoms. The smallest absolute Gasteiger partial charge is 0.336 e. The Hall–Kier alpha value is -0.920. The number of carbonyl (C=O) groups is 1. The Morgan fingerprint density at radius 1 is 1.52 bits per heavy atom. The zero-order chi connectivity index (χ0) is 15.4. The van der Waals surface area contributed by atoms with Gasteiger partial charge in [-0.3, -0.25) is 9.58 Å². The number of carbonyl (C=O) groups excluding carboxylic acids is 1. The van der Waals surface area contributed by atoms with E-state index in [9.17, 15) is 4.79 Å². The summed E-state index contributed by atoms with van der Waals surface area (Å²) in [6.07, 6.45) is 0.403. The van der Waals surface area contributed by atoms with Crippen LogP contribution in [0, 0.1) is 0 Å². The van der Waals surface area contributed by atoms with Gasteiger partial charge in [0.15, 0.2) is 6.10 Å². The Balaban J connectivity index is 2.10. The predicted molar refractivity (Wildman–Crippen MR) is 82.0 cm³/mol. The lowest BCUT2D eigenvalue weighted by atomic mass is 10.2. The minimum Gasteiger partial charge on any atom is -0.467 e. The van der Waals surface area contributed by atoms with Crippen LogP contribution in [0.4, 0.5) is 0 Å². The number of halogens is 1. The number of rotatable bonds is 5. The Labute approximate surface area is 133 Å². The van der Waals surface area contributed by atoms with Crippen LogP contribution in [0.5, 0.6) is 0 Å². The van der Waals surface area contributed by atoms with Gasteiger partial charge in [-0.05, 0) is 29.3 Å². The van der Waals surface area contributed by atoms with Gasteiger partial charge in [0.05, 0.1) is 29.6 Å². The third-order valence-corrected chi connectivity index (χ3v) is 4.60. The topological polar surface area (TPSA) is 56.6 Å². The molecule has 1 fully saturated rings. The summed E-state index contributed by atoms with van der Waals surface area (Å²) < 4.78 is 13.3. The van der Waals surface area contributed by atoms with E-state index < -0.39 is 6.10 Å². The summed E-state index contributed by atoms with van der Waals surface area (Å²) in [6.45, 7) is 7.65. The van der Waals surface area contributed by atoms with Crippen molar-refractivity contribution in [1.82, 2.24) is 14.7 Å². The van der Waals surface area contributed by atoms with Crippen molar-refractivity contribution in [3.8, 4) is 0 Å². The average molecular weight is 360 g/mol. The summed E-state index contributed by atoms with van der Waals surface area (Å²) >= 11 is 3.65. The lowest BCUT2D eigenvalue weighted by Crippen LogP contribution is -2.46. The zero-order valence-electron chi connectivity index (χ0n) is 12.8. The van der Waals surface area contributed by atoms with Crippen LogP contribution in [-0.2, 0) is 33.8 Å². The summed E-state index contributed by atoms with van der Waals surface area (Å²) in [6, 6.07) is 0. The van der Waals surface area contributed by atoms with Crippen LogP contribution in [-0.4, -0.2) is 53.6 Å². The van der Waals surface area contributed by atoms with Crippen LogP contribution >= 0.6 is 15.9 Å². The zero-order valence-corrected chi connectivity index (χ0v) is 14.4. The minimum atomic E-state index is -0.494. The van der Waals surface area contributed by atoms with Crippen LogP contribution in [0.25, 0.3) is 0 Å². The second kappa shape index (κ2) is 7.38. The van der Waals surface area contributed by atoms with E-state index in [1.54, 1.807) is 0 Å². The van der Waals surface area contributed by atoms with Crippen molar-refractivity contribution in [2.24, 2.45) is 0 Å². The molecule has 1 aliphatic heterocycles. The monoisotopic (exact) mass is 359 g/mol. The molecule has 1 saturated heterocycles. The summed E-state index contributed by atoms with van der Waals surface area (Å²) in [5, 5.41) is 4.60. The van der Waals surface area contributed by atoms with E-state index in [1.165, 1.54) is 7.11 Å². The molecule has 118 valence electrons. The molecule has 0 radical (unpaired) electrons. The number of esters is 1. The molecule has 6 nitrogen and oxygen atoms in total. The molecule has 1 aromatic heterocycles. The van der Waals surface area contributed by atoms with Crippen molar-refractivity contribution in [1.29, 1.82) is 0 Å². The Morgan fingerprint density at radius 3 is 2.90 bits per heavy atom. The first-order valence-corrected chi connectivity index (χ1v) is 8.05. The molecule has 2 rings (SSSR count). The van der Waals surface area contributed by atoms with Gasteiger partial charge in [0.25, 0.3) is 0 Å². The van der Waals surface area contributed by atoms with Gasteiger partial charge in [-0.25, -0.2) is 4.79 Å². The van der Waals surface area contributed by atoms with Crippen molar-refractivity contribution < 1.29 is 14.3 Å². The number of aryl methyl sites for hydroxylation is 2. The van der Waals surface area contributed by atoms with E-state index in [0.29, 0.717) is 13.2 Å². The van der Waals surface area contributed by atoms with E-state index in [2.05, 4.69) is 39.8 Å². The normalized spacial score (nSPS) is 19.7. The maximum atomic E-state index is 11.6. The Kier molecular flexibility index (Phi) is 5.78. The third-order valence-electron chi connectivity index (χ3n) is 3.68. The molecule has 0 aromatic carbocycles. The van der Waals surface area contributed by atoms with Crippen LogP contribution in [0.3, 0.4) is 0 Å². The van der Waals surface area contributed by atoms with E-state index in [0.717, 1.165) is 41.9 Å². The summed E-state index contributed by atoms with van der Waals surface area (Å²) in [7, 11) is 1.39. The number of methoxy groups -OCH3 is 1. The molecule has 0 amide bonds. The quantitative estimate of drug-likeness (QED) is 0.747. The molecule has 0 spiro atoms. The van der Waals surface area contributed by atoms with Crippen LogP contribution < -0.4 is 0 Å². The maximum absolute atomic E-state index is 11.6. The molecule has 1 unspecified atom stereocenters. The molecule has 21 heavy (non-hydrogen) atoms. The molecule has 2 heterocycles. The van der Waals surface area contributed by atoms with Crippen molar-refractivity contribution in [2.75, 3.05) is 26.8 Å². The highest BCUT2D eigenvalue weighted by Crippen LogP contribution is 2.24. The molecule has 0 bridgehead atoms. The molecule has 0 aliphatic carbocycles. The van der Waals surface area contributed by atoms with Crippen molar-refractivity contribution in [3.05, 3.63) is 15.9 Å². The summed E-state index contributed by atoms with van der Waals surface area (Å²) in [5.74, 6) is -0.308. The van der Waals surface area contributed by atoms with E-state index in [1.807, 2.05) is 4.68 Å². The highest BCUT2D eigenvalue weighted by atomic mass is 79.9. The second-order valence-corrected chi connectivity index (χ2v) is 5.79. The van der Waals surface area contributed by atoms with Gasteiger partial charge in [0, 0.05) is 26.2 Å². The molecule has 1 atom stereocenters. The highest BCUT2D eigenvalue weighted by molar-refractivity contribution is 9.10. The first-order chi connectivity index (χ1) is 10.1. The van der Waals surface area contributed by atoms with E-state index in [-0.39, 0.29) is 5.97 Å². The standard InChI is InChI=1S/C14H22BrN3O3/c1-4-10-13(15)11(18(5-2)16-10)8-17-6-7-21-12(9-17)14(19)20-3/h12H,4-9H2,1-3H3. The SMILES string of the molecule is CCc1nn(CC)c(CN2CCOC(C(=O)OC)C2)c1Br. The van der Waals surface area contributed by atoms with Crippen LogP contribution in [0.2, 0.25) is 0 Å². The number of morpholine rings is 1. The summed E-state index contributed by atoms with van der Waals surface area (Å²) in [5.41, 5.74) is 2.23. The van der Waals surface area contributed by atoms with Gasteiger partial charge in [-0.15, -0.1) is 0 Å². The first-order valence-electron chi connectivity index (χ1n) is 7.26. The van der Waals surface area contributed by atoms with Gasteiger partial charge in [0.1, 0.15) is 0 Å². The van der Waals surface area contributed by atoms with Gasteiger partial charge in [0.2, 0.25) is 0 Å². The number of nitrogens with zero attached hydrogens (tertiary/aromatic N) is 3. The fraction of sp³-hybridized carbons (Fsp3) is 0.714. The molecule has 0 saturated carbocycles. The van der Waals surface area contributed by atoms with Gasteiger partial charge in [-0.2, -0.15) is 5.10 Å². The molecule has 1 aliphatic rings. The predicted octanol–water partition coefficient (Wildman–Crippen LogP) is 1.60. The highest BCUT2D eigenvalue weighted by Gasteiger charge is 2.28. The van der Waals surface area contributed by atoms with Crippen molar-refractivity contribution >= 4 is 21.9 Å². The van der Waals surface area contributed by atoms with Gasteiger partial charge in [-0.1, -0.05) is 6.92 Å². The Bertz CT molecular complexity index is 504. The first kappa shape index (κ1) is 16.5. The van der Waals surface area contributed by atoms with E-state index in [4.69, 9.17) is 9.47 Å². The molecule has 1 aromatic rings. The minimum absolute atomic E-state index is 0.308.